The van der Waals surface area contributed by atoms with Gasteiger partial charge in [-0.15, -0.1) is 0 Å². The molecule has 2 heterocycles. The molecule has 5 heteroatoms. The highest BCUT2D eigenvalue weighted by Crippen LogP contribution is 2.21. The molecule has 31 heavy (non-hydrogen) atoms. The van der Waals surface area contributed by atoms with Gasteiger partial charge in [0.05, 0.1) is 6.04 Å². The number of allylic oxidation sites excluding steroid dienone is 5. The van der Waals surface area contributed by atoms with E-state index in [1.165, 1.54) is 23.1 Å². The van der Waals surface area contributed by atoms with Gasteiger partial charge in [-0.05, 0) is 71.9 Å². The molecule has 2 N–H and O–H groups in total. The SMILES string of the molecule is CC(C)=CCC/C(C)=C/CC/C(C)=C/CSCC(Nc1ccc(C)cn1)c1ncc[nH]1. The van der Waals surface area contributed by atoms with E-state index >= 15 is 0 Å². The van der Waals surface area contributed by atoms with Gasteiger partial charge >= 0.3 is 0 Å². The zero-order valence-corrected chi connectivity index (χ0v) is 20.6. The van der Waals surface area contributed by atoms with Crippen LogP contribution in [0.4, 0.5) is 5.82 Å². The van der Waals surface area contributed by atoms with E-state index in [0.717, 1.165) is 48.0 Å². The number of imidazole rings is 1. The summed E-state index contributed by atoms with van der Waals surface area (Å²) in [6.45, 7) is 10.9. The van der Waals surface area contributed by atoms with Gasteiger partial charge in [-0.1, -0.05) is 41.0 Å². The van der Waals surface area contributed by atoms with E-state index in [0.29, 0.717) is 0 Å². The number of rotatable bonds is 13. The minimum atomic E-state index is 0.107. The largest absolute Gasteiger partial charge is 0.359 e. The zero-order chi connectivity index (χ0) is 22.5. The van der Waals surface area contributed by atoms with Crippen molar-refractivity contribution in [2.75, 3.05) is 16.8 Å². The summed E-state index contributed by atoms with van der Waals surface area (Å²) in [5.41, 5.74) is 5.53. The van der Waals surface area contributed by atoms with Crippen LogP contribution in [0.2, 0.25) is 0 Å². The molecule has 168 valence electrons. The lowest BCUT2D eigenvalue weighted by Gasteiger charge is -2.17. The Hall–Kier alpha value is -2.27. The Balaban J connectivity index is 1.76. The van der Waals surface area contributed by atoms with E-state index in [1.54, 1.807) is 6.20 Å². The van der Waals surface area contributed by atoms with Crippen LogP contribution in [0.1, 0.15) is 70.8 Å². The monoisotopic (exact) mass is 438 g/mol. The summed E-state index contributed by atoms with van der Waals surface area (Å²) >= 11 is 1.92. The first-order valence-electron chi connectivity index (χ1n) is 11.1. The average Bonchev–Trinajstić information content (AvgIpc) is 3.26. The van der Waals surface area contributed by atoms with Crippen LogP contribution < -0.4 is 5.32 Å². The predicted octanol–water partition coefficient (Wildman–Crippen LogP) is 7.42. The molecule has 0 saturated heterocycles. The summed E-state index contributed by atoms with van der Waals surface area (Å²) < 4.78 is 0. The Kier molecular flexibility index (Phi) is 11.2. The second-order valence-electron chi connectivity index (χ2n) is 8.39. The molecule has 2 aromatic heterocycles. The molecule has 0 amide bonds. The molecule has 1 atom stereocenters. The summed E-state index contributed by atoms with van der Waals surface area (Å²) in [5, 5.41) is 3.51. The van der Waals surface area contributed by atoms with Crippen LogP contribution in [-0.2, 0) is 0 Å². The van der Waals surface area contributed by atoms with Gasteiger partial charge in [0.1, 0.15) is 11.6 Å². The Morgan fingerprint density at radius 1 is 1.03 bits per heavy atom. The molecule has 0 radical (unpaired) electrons. The van der Waals surface area contributed by atoms with Crippen LogP contribution in [0.25, 0.3) is 0 Å². The Morgan fingerprint density at radius 2 is 1.77 bits per heavy atom. The van der Waals surface area contributed by atoms with Crippen molar-refractivity contribution in [2.24, 2.45) is 0 Å². The van der Waals surface area contributed by atoms with Crippen LogP contribution >= 0.6 is 11.8 Å². The van der Waals surface area contributed by atoms with E-state index in [2.05, 4.69) is 72.3 Å². The number of anilines is 1. The first kappa shape index (κ1) is 25.0. The van der Waals surface area contributed by atoms with Crippen LogP contribution in [0.5, 0.6) is 0 Å². The molecule has 0 aromatic carbocycles. The van der Waals surface area contributed by atoms with Crippen LogP contribution in [-0.4, -0.2) is 26.5 Å². The molecule has 0 saturated carbocycles. The first-order valence-corrected chi connectivity index (χ1v) is 12.3. The Morgan fingerprint density at radius 3 is 2.42 bits per heavy atom. The van der Waals surface area contributed by atoms with Gasteiger partial charge in [0.2, 0.25) is 0 Å². The van der Waals surface area contributed by atoms with Crippen LogP contribution in [0.15, 0.2) is 65.7 Å². The number of H-pyrrole nitrogens is 1. The minimum Gasteiger partial charge on any atom is -0.359 e. The first-order chi connectivity index (χ1) is 14.9. The van der Waals surface area contributed by atoms with E-state index in [1.807, 2.05) is 37.1 Å². The lowest BCUT2D eigenvalue weighted by Crippen LogP contribution is -2.16. The maximum Gasteiger partial charge on any atom is 0.129 e. The standard InChI is InChI=1S/C26H38N4S/c1-20(2)8-6-9-21(3)10-7-11-22(4)14-17-31-19-24(26-27-15-16-28-26)30-25-13-12-23(5)18-29-25/h8,10,12-16,18,24H,6-7,9,11,17,19H2,1-5H3,(H,27,28)(H,29,30)/b21-10+,22-14+. The van der Waals surface area contributed by atoms with Crippen molar-refractivity contribution in [2.45, 2.75) is 66.3 Å². The van der Waals surface area contributed by atoms with E-state index < -0.39 is 0 Å². The highest BCUT2D eigenvalue weighted by molar-refractivity contribution is 7.99. The summed E-state index contributed by atoms with van der Waals surface area (Å²) in [4.78, 5) is 12.2. The quantitative estimate of drug-likeness (QED) is 0.252. The Labute approximate surface area is 192 Å². The van der Waals surface area contributed by atoms with Gasteiger partial charge in [-0.25, -0.2) is 9.97 Å². The van der Waals surface area contributed by atoms with Gasteiger partial charge in [-0.2, -0.15) is 11.8 Å². The lowest BCUT2D eigenvalue weighted by molar-refractivity contribution is 0.815. The third-order valence-corrected chi connectivity index (χ3v) is 6.01. The topological polar surface area (TPSA) is 53.6 Å². The fourth-order valence-corrected chi connectivity index (χ4v) is 4.13. The molecule has 0 aliphatic carbocycles. The maximum atomic E-state index is 4.48. The van der Waals surface area contributed by atoms with Crippen molar-refractivity contribution in [3.63, 3.8) is 0 Å². The Bertz CT molecular complexity index is 844. The molecule has 1 unspecified atom stereocenters. The molecule has 0 spiro atoms. The number of aryl methyl sites for hydroxylation is 1. The van der Waals surface area contributed by atoms with E-state index in [9.17, 15) is 0 Å². The van der Waals surface area contributed by atoms with Gasteiger partial charge in [0, 0.05) is 30.1 Å². The molecule has 4 nitrogen and oxygen atoms in total. The van der Waals surface area contributed by atoms with Crippen molar-refractivity contribution in [1.82, 2.24) is 15.0 Å². The number of aromatic nitrogens is 3. The fraction of sp³-hybridized carbons (Fsp3) is 0.462. The second-order valence-corrected chi connectivity index (χ2v) is 9.46. The van der Waals surface area contributed by atoms with Gasteiger partial charge in [0.25, 0.3) is 0 Å². The van der Waals surface area contributed by atoms with E-state index in [-0.39, 0.29) is 6.04 Å². The predicted molar refractivity (Wildman–Crippen MR) is 137 cm³/mol. The number of hydrogen-bond acceptors (Lipinski definition) is 4. The molecular weight excluding hydrogens is 400 g/mol. The average molecular weight is 439 g/mol. The van der Waals surface area contributed by atoms with Crippen molar-refractivity contribution in [3.05, 3.63) is 77.1 Å². The molecule has 0 aliphatic rings. The highest BCUT2D eigenvalue weighted by atomic mass is 32.2. The lowest BCUT2D eigenvalue weighted by atomic mass is 10.1. The molecule has 0 aliphatic heterocycles. The van der Waals surface area contributed by atoms with Crippen molar-refractivity contribution in [3.8, 4) is 0 Å². The summed E-state index contributed by atoms with van der Waals surface area (Å²) in [7, 11) is 0. The smallest absolute Gasteiger partial charge is 0.129 e. The maximum absolute atomic E-state index is 4.48. The number of nitrogens with zero attached hydrogens (tertiary/aromatic N) is 2. The normalized spacial score (nSPS) is 13.2. The number of aromatic amines is 1. The zero-order valence-electron chi connectivity index (χ0n) is 19.7. The van der Waals surface area contributed by atoms with Crippen molar-refractivity contribution in [1.29, 1.82) is 0 Å². The summed E-state index contributed by atoms with van der Waals surface area (Å²) in [6, 6.07) is 4.20. The second kappa shape index (κ2) is 13.9. The molecule has 0 bridgehead atoms. The minimum absolute atomic E-state index is 0.107. The third kappa shape index (κ3) is 10.5. The van der Waals surface area contributed by atoms with E-state index in [4.69, 9.17) is 0 Å². The number of nitrogens with one attached hydrogen (secondary N) is 2. The molecular formula is C26H38N4S. The molecule has 2 aromatic rings. The van der Waals surface area contributed by atoms with Crippen LogP contribution in [0, 0.1) is 6.92 Å². The highest BCUT2D eigenvalue weighted by Gasteiger charge is 2.14. The van der Waals surface area contributed by atoms with Gasteiger partial charge in [0.15, 0.2) is 0 Å². The van der Waals surface area contributed by atoms with Gasteiger partial charge < -0.3 is 10.3 Å². The van der Waals surface area contributed by atoms with Crippen LogP contribution in [0.3, 0.4) is 0 Å². The summed E-state index contributed by atoms with van der Waals surface area (Å²) in [5.74, 6) is 3.77. The third-order valence-electron chi connectivity index (χ3n) is 5.04. The molecule has 0 fully saturated rings. The van der Waals surface area contributed by atoms with Crippen molar-refractivity contribution < 1.29 is 0 Å². The van der Waals surface area contributed by atoms with Crippen molar-refractivity contribution >= 4 is 17.6 Å². The summed E-state index contributed by atoms with van der Waals surface area (Å²) in [6.07, 6.45) is 17.2. The van der Waals surface area contributed by atoms with Gasteiger partial charge in [-0.3, -0.25) is 0 Å². The molecule has 2 rings (SSSR count). The number of pyridine rings is 1. The number of hydrogen-bond donors (Lipinski definition) is 2. The fourth-order valence-electron chi connectivity index (χ4n) is 3.11. The number of thioether (sulfide) groups is 1.